The molecular formula is C51H39N3. The van der Waals surface area contributed by atoms with Gasteiger partial charge in [0.2, 0.25) is 0 Å². The van der Waals surface area contributed by atoms with Crippen molar-refractivity contribution in [2.24, 2.45) is 0 Å². The highest BCUT2D eigenvalue weighted by molar-refractivity contribution is 5.84. The summed E-state index contributed by atoms with van der Waals surface area (Å²) in [5.74, 6) is 1.96. The maximum Gasteiger partial charge on any atom is 0.164 e. The van der Waals surface area contributed by atoms with E-state index in [0.717, 1.165) is 33.4 Å². The van der Waals surface area contributed by atoms with Crippen LogP contribution in [0.5, 0.6) is 0 Å². The van der Waals surface area contributed by atoms with Gasteiger partial charge in [0.15, 0.2) is 17.5 Å². The first kappa shape index (κ1) is 32.2. The molecule has 1 fully saturated rings. The Kier molecular flexibility index (Phi) is 8.06. The minimum atomic E-state index is 0.154. The SMILES string of the molecule is c1ccc(-c2ccc(-c3nc(-c4ccccc4)nc(-c4cccc(-c5ccc(-c6ccc7c(c6)C6(CCCCC6)c6ccccc6-7)cc5)c4)n3)cc2)cc1. The van der Waals surface area contributed by atoms with E-state index in [0.29, 0.717) is 17.5 Å². The van der Waals surface area contributed by atoms with Crippen molar-refractivity contribution >= 4 is 0 Å². The molecule has 1 saturated carbocycles. The molecule has 3 heteroatoms. The molecule has 1 heterocycles. The third-order valence-corrected chi connectivity index (χ3v) is 11.6. The van der Waals surface area contributed by atoms with Gasteiger partial charge < -0.3 is 0 Å². The highest BCUT2D eigenvalue weighted by Gasteiger charge is 2.43. The maximum absolute atomic E-state index is 5.05. The molecule has 54 heavy (non-hydrogen) atoms. The van der Waals surface area contributed by atoms with E-state index >= 15 is 0 Å². The quantitative estimate of drug-likeness (QED) is 0.174. The summed E-state index contributed by atoms with van der Waals surface area (Å²) in [5.41, 5.74) is 16.1. The van der Waals surface area contributed by atoms with Crippen molar-refractivity contribution in [3.63, 3.8) is 0 Å². The van der Waals surface area contributed by atoms with Crippen molar-refractivity contribution in [1.82, 2.24) is 15.0 Å². The summed E-state index contributed by atoms with van der Waals surface area (Å²) < 4.78 is 0. The molecule has 0 amide bonds. The lowest BCUT2D eigenvalue weighted by atomic mass is 9.67. The first-order chi connectivity index (χ1) is 26.7. The molecular weight excluding hydrogens is 655 g/mol. The number of rotatable bonds is 6. The van der Waals surface area contributed by atoms with Crippen molar-refractivity contribution < 1.29 is 0 Å². The van der Waals surface area contributed by atoms with Crippen molar-refractivity contribution in [2.75, 3.05) is 0 Å². The van der Waals surface area contributed by atoms with Crippen LogP contribution < -0.4 is 0 Å². The third-order valence-electron chi connectivity index (χ3n) is 11.6. The Morgan fingerprint density at radius 1 is 0.296 bits per heavy atom. The van der Waals surface area contributed by atoms with Crippen molar-refractivity contribution in [1.29, 1.82) is 0 Å². The van der Waals surface area contributed by atoms with Crippen molar-refractivity contribution in [2.45, 2.75) is 37.5 Å². The molecule has 0 saturated heterocycles. The Labute approximate surface area is 317 Å². The van der Waals surface area contributed by atoms with Crippen LogP contribution in [0.4, 0.5) is 0 Å². The second-order valence-electron chi connectivity index (χ2n) is 14.7. The van der Waals surface area contributed by atoms with Crippen LogP contribution in [0.15, 0.2) is 176 Å². The van der Waals surface area contributed by atoms with E-state index in [-0.39, 0.29) is 5.41 Å². The number of nitrogens with zero attached hydrogens (tertiary/aromatic N) is 3. The fraction of sp³-hybridized carbons (Fsp3) is 0.118. The van der Waals surface area contributed by atoms with Gasteiger partial charge in [-0.05, 0) is 80.6 Å². The molecule has 0 aliphatic heterocycles. The summed E-state index contributed by atoms with van der Waals surface area (Å²) in [7, 11) is 0. The van der Waals surface area contributed by atoms with E-state index in [1.807, 2.05) is 36.4 Å². The van der Waals surface area contributed by atoms with Crippen LogP contribution in [-0.2, 0) is 5.41 Å². The number of benzene rings is 7. The summed E-state index contributed by atoms with van der Waals surface area (Å²) in [5, 5.41) is 0. The van der Waals surface area contributed by atoms with E-state index < -0.39 is 0 Å². The van der Waals surface area contributed by atoms with Gasteiger partial charge in [0.05, 0.1) is 0 Å². The number of aromatic nitrogens is 3. The third kappa shape index (κ3) is 5.74. The zero-order valence-corrected chi connectivity index (χ0v) is 30.1. The lowest BCUT2D eigenvalue weighted by Gasteiger charge is -2.36. The predicted octanol–water partition coefficient (Wildman–Crippen LogP) is 13.1. The summed E-state index contributed by atoms with van der Waals surface area (Å²) in [6.07, 6.45) is 6.42. The number of hydrogen-bond acceptors (Lipinski definition) is 3. The summed E-state index contributed by atoms with van der Waals surface area (Å²) >= 11 is 0. The van der Waals surface area contributed by atoms with Gasteiger partial charge in [-0.25, -0.2) is 15.0 Å². The van der Waals surface area contributed by atoms with Crippen LogP contribution in [0.25, 0.3) is 78.7 Å². The zero-order valence-electron chi connectivity index (χ0n) is 30.1. The van der Waals surface area contributed by atoms with Gasteiger partial charge >= 0.3 is 0 Å². The summed E-state index contributed by atoms with van der Waals surface area (Å²) in [6, 6.07) is 62.9. The zero-order chi connectivity index (χ0) is 35.9. The Morgan fingerprint density at radius 2 is 0.722 bits per heavy atom. The van der Waals surface area contributed by atoms with Crippen LogP contribution in [0, 0.1) is 0 Å². The first-order valence-corrected chi connectivity index (χ1v) is 19.1. The number of fused-ring (bicyclic) bond motifs is 5. The highest BCUT2D eigenvalue weighted by Crippen LogP contribution is 2.56. The van der Waals surface area contributed by atoms with Gasteiger partial charge in [0.25, 0.3) is 0 Å². The minimum Gasteiger partial charge on any atom is -0.208 e. The van der Waals surface area contributed by atoms with Crippen LogP contribution in [0.3, 0.4) is 0 Å². The van der Waals surface area contributed by atoms with E-state index in [9.17, 15) is 0 Å². The van der Waals surface area contributed by atoms with Crippen LogP contribution in [0.2, 0.25) is 0 Å². The molecule has 7 aromatic carbocycles. The second-order valence-corrected chi connectivity index (χ2v) is 14.7. The average Bonchev–Trinajstić information content (AvgIpc) is 3.52. The largest absolute Gasteiger partial charge is 0.208 e. The number of hydrogen-bond donors (Lipinski definition) is 0. The average molecular weight is 694 g/mol. The van der Waals surface area contributed by atoms with E-state index in [2.05, 4.69) is 140 Å². The maximum atomic E-state index is 5.05. The normalized spacial score (nSPS) is 14.1. The standard InChI is InChI=1S/C51H39N3/c1-4-13-35(14-5-1)36-25-27-40(28-26-36)49-52-48(39-15-6-2-7-16-39)53-50(54-49)43-18-12-17-41(33-43)37-21-23-38(24-22-37)42-29-30-45-44-19-8-9-20-46(44)51(47(45)34-42)31-10-3-11-32-51/h1-2,4-9,12-30,33-34H,3,10-11,31-32H2. The molecule has 10 rings (SSSR count). The molecule has 0 radical (unpaired) electrons. The molecule has 1 aromatic heterocycles. The van der Waals surface area contributed by atoms with Gasteiger partial charge in [-0.15, -0.1) is 0 Å². The van der Waals surface area contributed by atoms with Crippen LogP contribution >= 0.6 is 0 Å². The molecule has 1 spiro atoms. The molecule has 0 atom stereocenters. The van der Waals surface area contributed by atoms with E-state index in [4.69, 9.17) is 15.0 Å². The highest BCUT2D eigenvalue weighted by atomic mass is 15.0. The van der Waals surface area contributed by atoms with E-state index in [1.54, 1.807) is 0 Å². The monoisotopic (exact) mass is 693 g/mol. The smallest absolute Gasteiger partial charge is 0.164 e. The Bertz CT molecular complexity index is 2600. The second kappa shape index (κ2) is 13.5. The van der Waals surface area contributed by atoms with Gasteiger partial charge in [-0.3, -0.25) is 0 Å². The first-order valence-electron chi connectivity index (χ1n) is 19.1. The topological polar surface area (TPSA) is 38.7 Å². The Balaban J connectivity index is 0.978. The fourth-order valence-corrected chi connectivity index (χ4v) is 8.81. The molecule has 0 unspecified atom stereocenters. The molecule has 2 aliphatic carbocycles. The predicted molar refractivity (Wildman–Crippen MR) is 222 cm³/mol. The van der Waals surface area contributed by atoms with Gasteiger partial charge in [0, 0.05) is 22.1 Å². The molecule has 3 nitrogen and oxygen atoms in total. The molecule has 0 bridgehead atoms. The van der Waals surface area contributed by atoms with Gasteiger partial charge in [-0.2, -0.15) is 0 Å². The van der Waals surface area contributed by atoms with Crippen LogP contribution in [0.1, 0.15) is 43.2 Å². The van der Waals surface area contributed by atoms with Gasteiger partial charge in [0.1, 0.15) is 0 Å². The van der Waals surface area contributed by atoms with Crippen LogP contribution in [-0.4, -0.2) is 15.0 Å². The molecule has 2 aliphatic rings. The van der Waals surface area contributed by atoms with E-state index in [1.165, 1.54) is 71.0 Å². The Hall–Kier alpha value is -6.45. The van der Waals surface area contributed by atoms with Crippen molar-refractivity contribution in [3.05, 3.63) is 187 Å². The molecule has 0 N–H and O–H groups in total. The lowest BCUT2D eigenvalue weighted by molar-refractivity contribution is 0.353. The minimum absolute atomic E-state index is 0.154. The van der Waals surface area contributed by atoms with Crippen molar-refractivity contribution in [3.8, 4) is 78.7 Å². The Morgan fingerprint density at radius 3 is 1.39 bits per heavy atom. The summed E-state index contributed by atoms with van der Waals surface area (Å²) in [6.45, 7) is 0. The molecule has 8 aromatic rings. The summed E-state index contributed by atoms with van der Waals surface area (Å²) in [4.78, 5) is 15.0. The van der Waals surface area contributed by atoms with Gasteiger partial charge in [-0.1, -0.05) is 183 Å². The fourth-order valence-electron chi connectivity index (χ4n) is 8.81. The lowest BCUT2D eigenvalue weighted by Crippen LogP contribution is -2.28. The molecule has 258 valence electrons.